The number of phosphoric ester groups is 1. The van der Waals surface area contributed by atoms with E-state index in [9.17, 15) is 57.5 Å². The standard InChI is InChI=1S/C50H77N6O18P/c1-17-34(58)24-35(40(25(2)3)74-75(67,68)69)48(64)72-41(26(4)5)37-47(63)56(15)39(31(11)70-16)50(66)73-42(27(6)7)38(52-32(12)57)49(65)71-36(23-33-21-19-18-20-22-33)46(62)55(14)29(9)43(59)51-28(8)45(61)54(13)30(10)44(60)53-37/h18-22,25-28,30-31,35-42H,9,17,23-24H2,1-8,10-16H3,(H,51,59)(H,52,57)(H,53,60)(H2,67,68,69)/t28-,30-,31+,35-,36+,37-,38-,39-,40+,41+,42+/m0/s1. The summed E-state index contributed by atoms with van der Waals surface area (Å²) in [4.78, 5) is 163. The van der Waals surface area contributed by atoms with Crippen molar-refractivity contribution in [3.63, 3.8) is 0 Å². The molecule has 1 aliphatic heterocycles. The molecule has 0 bridgehead atoms. The van der Waals surface area contributed by atoms with Gasteiger partial charge in [0.15, 0.2) is 18.2 Å². The van der Waals surface area contributed by atoms with Gasteiger partial charge >= 0.3 is 25.7 Å². The Hall–Kier alpha value is -6.07. The highest BCUT2D eigenvalue weighted by atomic mass is 31.2. The summed E-state index contributed by atoms with van der Waals surface area (Å²) >= 11 is 0. The molecule has 420 valence electrons. The van der Waals surface area contributed by atoms with Crippen molar-refractivity contribution >= 4 is 67.0 Å². The molecule has 0 saturated carbocycles. The minimum absolute atomic E-state index is 0.0909. The van der Waals surface area contributed by atoms with E-state index in [1.807, 2.05) is 0 Å². The third-order valence-corrected chi connectivity index (χ3v) is 13.3. The molecule has 2 rings (SSSR count). The van der Waals surface area contributed by atoms with Gasteiger partial charge < -0.3 is 59.4 Å². The molecular weight excluding hydrogens is 1000 g/mol. The number of phosphoric acid groups is 1. The Labute approximate surface area is 438 Å². The van der Waals surface area contributed by atoms with E-state index in [-0.39, 0.29) is 12.8 Å². The zero-order valence-electron chi connectivity index (χ0n) is 45.5. The summed E-state index contributed by atoms with van der Waals surface area (Å²) in [7, 11) is -0.540. The Morgan fingerprint density at radius 1 is 0.840 bits per heavy atom. The highest BCUT2D eigenvalue weighted by molar-refractivity contribution is 7.46. The van der Waals surface area contributed by atoms with Crippen LogP contribution in [-0.2, 0) is 82.4 Å². The predicted molar refractivity (Wildman–Crippen MR) is 269 cm³/mol. The number of amides is 6. The van der Waals surface area contributed by atoms with Crippen LogP contribution in [0.2, 0.25) is 0 Å². The zero-order valence-corrected chi connectivity index (χ0v) is 46.4. The monoisotopic (exact) mass is 1080 g/mol. The second-order valence-corrected chi connectivity index (χ2v) is 20.8. The van der Waals surface area contributed by atoms with Gasteiger partial charge in [-0.15, -0.1) is 0 Å². The van der Waals surface area contributed by atoms with E-state index in [0.717, 1.165) is 28.7 Å². The van der Waals surface area contributed by atoms with Crippen LogP contribution in [0, 0.1) is 23.7 Å². The lowest BCUT2D eigenvalue weighted by Crippen LogP contribution is -2.63. The number of hydrogen-bond acceptors (Lipinski definition) is 16. The van der Waals surface area contributed by atoms with E-state index in [4.69, 9.17) is 23.5 Å². The number of Topliss-reactive ketones (excluding diaryl/α,β-unsaturated/α-hetero) is 1. The van der Waals surface area contributed by atoms with Crippen molar-refractivity contribution in [3.05, 3.63) is 48.2 Å². The lowest BCUT2D eigenvalue weighted by molar-refractivity contribution is -0.177. The van der Waals surface area contributed by atoms with Gasteiger partial charge in [-0.3, -0.25) is 42.9 Å². The minimum Gasteiger partial charge on any atom is -0.459 e. The molecule has 25 heteroatoms. The number of carbonyl (C=O) groups is 10. The van der Waals surface area contributed by atoms with Crippen LogP contribution >= 0.6 is 7.82 Å². The Morgan fingerprint density at radius 2 is 1.43 bits per heavy atom. The van der Waals surface area contributed by atoms with Crippen LogP contribution in [0.25, 0.3) is 0 Å². The second-order valence-electron chi connectivity index (χ2n) is 19.6. The van der Waals surface area contributed by atoms with E-state index in [1.54, 1.807) is 44.2 Å². The van der Waals surface area contributed by atoms with Crippen molar-refractivity contribution in [1.29, 1.82) is 0 Å². The van der Waals surface area contributed by atoms with Gasteiger partial charge in [0.25, 0.3) is 11.8 Å². The number of ether oxygens (including phenoxy) is 4. The van der Waals surface area contributed by atoms with Crippen LogP contribution in [-0.4, -0.2) is 173 Å². The number of cyclic esters (lactones) is 2. The lowest BCUT2D eigenvalue weighted by atomic mass is 9.88. The molecule has 0 aromatic heterocycles. The fraction of sp³-hybridized carbons (Fsp3) is 0.640. The van der Waals surface area contributed by atoms with Crippen LogP contribution < -0.4 is 16.0 Å². The van der Waals surface area contributed by atoms with Crippen molar-refractivity contribution in [2.45, 2.75) is 156 Å². The number of rotatable bonds is 17. The van der Waals surface area contributed by atoms with Crippen LogP contribution in [0.15, 0.2) is 42.6 Å². The number of hydrogen-bond donors (Lipinski definition) is 5. The summed E-state index contributed by atoms with van der Waals surface area (Å²) in [5.74, 6) is -14.2. The third-order valence-electron chi connectivity index (χ3n) is 12.8. The first-order valence-corrected chi connectivity index (χ1v) is 26.1. The number of benzene rings is 1. The molecule has 0 spiro atoms. The number of esters is 3. The summed E-state index contributed by atoms with van der Waals surface area (Å²) < 4.78 is 40.7. The van der Waals surface area contributed by atoms with E-state index < -0.39 is 163 Å². The van der Waals surface area contributed by atoms with E-state index in [1.165, 1.54) is 76.6 Å². The van der Waals surface area contributed by atoms with Gasteiger partial charge in [0.05, 0.1) is 18.1 Å². The largest absolute Gasteiger partial charge is 0.469 e. The lowest BCUT2D eigenvalue weighted by Gasteiger charge is -2.39. The van der Waals surface area contributed by atoms with Crippen LogP contribution in [0.5, 0.6) is 0 Å². The van der Waals surface area contributed by atoms with Gasteiger partial charge in [0.1, 0.15) is 41.8 Å². The first kappa shape index (κ1) is 65.0. The Balaban J connectivity index is 3.02. The maximum absolute atomic E-state index is 15.2. The molecular formula is C50H77N6O18P. The Bertz CT molecular complexity index is 2290. The first-order valence-electron chi connectivity index (χ1n) is 24.5. The molecule has 5 N–H and O–H groups in total. The summed E-state index contributed by atoms with van der Waals surface area (Å²) in [5, 5.41) is 7.44. The molecule has 11 atom stereocenters. The van der Waals surface area contributed by atoms with Gasteiger partial charge in [-0.1, -0.05) is 85.4 Å². The number of likely N-dealkylation sites (N-methyl/N-ethyl adjacent to an activating group) is 3. The van der Waals surface area contributed by atoms with Crippen molar-refractivity contribution in [1.82, 2.24) is 30.7 Å². The molecule has 6 amide bonds. The van der Waals surface area contributed by atoms with Crippen molar-refractivity contribution < 1.29 is 85.8 Å². The normalized spacial score (nSPS) is 24.3. The SMILES string of the molecule is C=C1C(=O)N[C@@H](C)C(=O)N(C)[C@@H](C)C(=O)N[C@@H]([C@H](OC(=O)[C@@H](CC(=O)CC)[C@H](OP(=O)(O)O)C(C)C)C(C)C)C(=O)N(C)[C@@H]([C@@H](C)OC)C(=O)O[C@H](C(C)C)[C@H](NC(C)=O)C(=O)O[C@H](Cc2ccccc2)C(=O)N1C. The molecule has 1 aromatic rings. The highest BCUT2D eigenvalue weighted by Gasteiger charge is 2.47. The average Bonchev–Trinajstić information content (AvgIpc) is 3.33. The van der Waals surface area contributed by atoms with Crippen LogP contribution in [0.3, 0.4) is 0 Å². The molecule has 24 nitrogen and oxygen atoms in total. The number of nitrogens with one attached hydrogen (secondary N) is 3. The average molecular weight is 1080 g/mol. The van der Waals surface area contributed by atoms with Crippen molar-refractivity contribution in [2.75, 3.05) is 28.3 Å². The quantitative estimate of drug-likeness (QED) is 0.0640. The second kappa shape index (κ2) is 28.7. The molecule has 1 aliphatic rings. The van der Waals surface area contributed by atoms with Crippen molar-refractivity contribution in [2.24, 2.45) is 23.7 Å². The van der Waals surface area contributed by atoms with E-state index in [2.05, 4.69) is 22.5 Å². The summed E-state index contributed by atoms with van der Waals surface area (Å²) in [6.45, 7) is 19.3. The number of carbonyl (C=O) groups excluding carboxylic acids is 10. The van der Waals surface area contributed by atoms with Gasteiger partial charge in [0.2, 0.25) is 23.6 Å². The number of nitrogens with zero attached hydrogens (tertiary/aromatic N) is 3. The number of ketones is 1. The molecule has 1 heterocycles. The molecule has 0 unspecified atom stereocenters. The fourth-order valence-corrected chi connectivity index (χ4v) is 8.79. The maximum atomic E-state index is 15.2. The molecule has 1 saturated heterocycles. The molecule has 0 aliphatic carbocycles. The first-order chi connectivity index (χ1) is 34.7. The molecule has 1 fully saturated rings. The summed E-state index contributed by atoms with van der Waals surface area (Å²) in [6, 6.07) is -0.0587. The Kier molecular flexibility index (Phi) is 24.9. The molecule has 75 heavy (non-hydrogen) atoms. The minimum atomic E-state index is -5.30. The molecule has 0 radical (unpaired) electrons. The van der Waals surface area contributed by atoms with Crippen LogP contribution in [0.1, 0.15) is 94.6 Å². The topological polar surface area (TPSA) is 320 Å². The fourth-order valence-electron chi connectivity index (χ4n) is 8.08. The van der Waals surface area contributed by atoms with E-state index in [0.29, 0.717) is 5.56 Å². The maximum Gasteiger partial charge on any atom is 0.469 e. The van der Waals surface area contributed by atoms with Gasteiger partial charge in [-0.05, 0) is 44.1 Å². The number of methoxy groups -OCH3 is 1. The highest BCUT2D eigenvalue weighted by Crippen LogP contribution is 2.42. The predicted octanol–water partition coefficient (Wildman–Crippen LogP) is 1.58. The third kappa shape index (κ3) is 18.3. The summed E-state index contributed by atoms with van der Waals surface area (Å²) in [6.07, 6.45) is -8.80. The smallest absolute Gasteiger partial charge is 0.459 e. The van der Waals surface area contributed by atoms with Gasteiger partial charge in [0, 0.05) is 54.4 Å². The van der Waals surface area contributed by atoms with Gasteiger partial charge in [-0.25, -0.2) is 14.2 Å². The van der Waals surface area contributed by atoms with Crippen LogP contribution in [0.4, 0.5) is 0 Å². The van der Waals surface area contributed by atoms with Gasteiger partial charge in [-0.2, -0.15) is 0 Å². The molecule has 1 aromatic carbocycles. The van der Waals surface area contributed by atoms with E-state index >= 15 is 4.79 Å². The summed E-state index contributed by atoms with van der Waals surface area (Å²) in [5.41, 5.74) is 0.0120. The van der Waals surface area contributed by atoms with Crippen molar-refractivity contribution in [3.8, 4) is 0 Å². The zero-order chi connectivity index (χ0) is 57.6. The Morgan fingerprint density at radius 3 is 1.92 bits per heavy atom.